The standard InChI is InChI=1S/C16H21N3O2/c17-13-3-1-2-12(10-13)15-11-14(4-5-16(15)18)19(6-8-20)7-9-21/h1-5,10-11,20-21H,6-9,17-18H2. The molecule has 21 heavy (non-hydrogen) atoms. The van der Waals surface area contributed by atoms with Gasteiger partial charge in [-0.3, -0.25) is 0 Å². The van der Waals surface area contributed by atoms with Gasteiger partial charge >= 0.3 is 0 Å². The molecule has 6 N–H and O–H groups in total. The van der Waals surface area contributed by atoms with E-state index in [-0.39, 0.29) is 13.2 Å². The van der Waals surface area contributed by atoms with Crippen LogP contribution in [0, 0.1) is 0 Å². The molecule has 0 unspecified atom stereocenters. The molecule has 5 heteroatoms. The smallest absolute Gasteiger partial charge is 0.0606 e. The third-order valence-corrected chi connectivity index (χ3v) is 3.34. The molecule has 0 aliphatic carbocycles. The van der Waals surface area contributed by atoms with Crippen molar-refractivity contribution in [2.45, 2.75) is 0 Å². The Morgan fingerprint density at radius 3 is 2.24 bits per heavy atom. The lowest BCUT2D eigenvalue weighted by atomic mass is 10.0. The Morgan fingerprint density at radius 2 is 1.62 bits per heavy atom. The third kappa shape index (κ3) is 3.65. The second kappa shape index (κ2) is 6.97. The van der Waals surface area contributed by atoms with Crippen LogP contribution >= 0.6 is 0 Å². The van der Waals surface area contributed by atoms with Gasteiger partial charge in [-0.25, -0.2) is 0 Å². The second-order valence-corrected chi connectivity index (χ2v) is 4.83. The zero-order valence-corrected chi connectivity index (χ0v) is 11.9. The maximum Gasteiger partial charge on any atom is 0.0606 e. The van der Waals surface area contributed by atoms with Crippen molar-refractivity contribution in [2.75, 3.05) is 42.7 Å². The van der Waals surface area contributed by atoms with Crippen LogP contribution in [0.4, 0.5) is 17.1 Å². The first-order chi connectivity index (χ1) is 10.2. The zero-order valence-electron chi connectivity index (χ0n) is 11.9. The first-order valence-corrected chi connectivity index (χ1v) is 6.88. The summed E-state index contributed by atoms with van der Waals surface area (Å²) in [6, 6.07) is 13.2. The first-order valence-electron chi connectivity index (χ1n) is 6.88. The Labute approximate surface area is 124 Å². The summed E-state index contributed by atoms with van der Waals surface area (Å²) in [5.74, 6) is 0. The molecule has 0 atom stereocenters. The first kappa shape index (κ1) is 15.2. The van der Waals surface area contributed by atoms with E-state index in [4.69, 9.17) is 21.7 Å². The minimum absolute atomic E-state index is 0.0258. The molecule has 0 bridgehead atoms. The zero-order chi connectivity index (χ0) is 15.2. The fourth-order valence-electron chi connectivity index (χ4n) is 2.31. The highest BCUT2D eigenvalue weighted by atomic mass is 16.3. The van der Waals surface area contributed by atoms with Crippen LogP contribution in [-0.4, -0.2) is 36.5 Å². The molecule has 5 nitrogen and oxygen atoms in total. The van der Waals surface area contributed by atoms with E-state index < -0.39 is 0 Å². The van der Waals surface area contributed by atoms with Gasteiger partial charge in [0.25, 0.3) is 0 Å². The number of nitrogen functional groups attached to an aromatic ring is 2. The number of benzene rings is 2. The minimum atomic E-state index is 0.0258. The fraction of sp³-hybridized carbons (Fsp3) is 0.250. The average Bonchev–Trinajstić information content (AvgIpc) is 2.47. The Morgan fingerprint density at radius 1 is 0.905 bits per heavy atom. The van der Waals surface area contributed by atoms with E-state index in [2.05, 4.69) is 0 Å². The molecule has 112 valence electrons. The highest BCUT2D eigenvalue weighted by molar-refractivity contribution is 5.81. The molecule has 0 saturated carbocycles. The number of anilines is 3. The van der Waals surface area contributed by atoms with Crippen molar-refractivity contribution >= 4 is 17.1 Å². The topological polar surface area (TPSA) is 95.7 Å². The lowest BCUT2D eigenvalue weighted by molar-refractivity contribution is 0.281. The maximum absolute atomic E-state index is 9.14. The second-order valence-electron chi connectivity index (χ2n) is 4.83. The van der Waals surface area contributed by atoms with Gasteiger partial charge in [-0.15, -0.1) is 0 Å². The average molecular weight is 287 g/mol. The third-order valence-electron chi connectivity index (χ3n) is 3.34. The summed E-state index contributed by atoms with van der Waals surface area (Å²) in [5, 5.41) is 18.3. The Kier molecular flexibility index (Phi) is 5.03. The van der Waals surface area contributed by atoms with Crippen LogP contribution in [0.5, 0.6) is 0 Å². The molecule has 0 amide bonds. The highest BCUT2D eigenvalue weighted by Crippen LogP contribution is 2.31. The monoisotopic (exact) mass is 287 g/mol. The Balaban J connectivity index is 2.40. The van der Waals surface area contributed by atoms with Crippen molar-refractivity contribution in [1.82, 2.24) is 0 Å². The van der Waals surface area contributed by atoms with Crippen LogP contribution in [-0.2, 0) is 0 Å². The van der Waals surface area contributed by atoms with E-state index in [9.17, 15) is 0 Å². The SMILES string of the molecule is Nc1cccc(-c2cc(N(CCO)CCO)ccc2N)c1. The molecule has 0 radical (unpaired) electrons. The number of aliphatic hydroxyl groups excluding tert-OH is 2. The number of rotatable bonds is 6. The molecule has 2 rings (SSSR count). The minimum Gasteiger partial charge on any atom is -0.399 e. The lowest BCUT2D eigenvalue weighted by Gasteiger charge is -2.24. The van der Waals surface area contributed by atoms with Crippen molar-refractivity contribution in [3.8, 4) is 11.1 Å². The maximum atomic E-state index is 9.14. The molecule has 2 aromatic rings. The quantitative estimate of drug-likeness (QED) is 0.601. The highest BCUT2D eigenvalue weighted by Gasteiger charge is 2.09. The van der Waals surface area contributed by atoms with Gasteiger partial charge in [0.05, 0.1) is 13.2 Å². The van der Waals surface area contributed by atoms with Crippen molar-refractivity contribution in [3.05, 3.63) is 42.5 Å². The van der Waals surface area contributed by atoms with Crippen LogP contribution in [0.15, 0.2) is 42.5 Å². The van der Waals surface area contributed by atoms with Crippen molar-refractivity contribution in [3.63, 3.8) is 0 Å². The van der Waals surface area contributed by atoms with Gasteiger partial charge in [-0.1, -0.05) is 12.1 Å². The van der Waals surface area contributed by atoms with Gasteiger partial charge in [-0.05, 0) is 35.9 Å². The number of aliphatic hydroxyl groups is 2. The predicted molar refractivity (Wildman–Crippen MR) is 87.1 cm³/mol. The van der Waals surface area contributed by atoms with Gasteiger partial charge in [0.1, 0.15) is 0 Å². The molecule has 0 saturated heterocycles. The summed E-state index contributed by atoms with van der Waals surface area (Å²) < 4.78 is 0. The van der Waals surface area contributed by atoms with E-state index >= 15 is 0 Å². The van der Waals surface area contributed by atoms with E-state index in [0.717, 1.165) is 16.8 Å². The molecule has 0 heterocycles. The summed E-state index contributed by atoms with van der Waals surface area (Å²) >= 11 is 0. The molecule has 2 aromatic carbocycles. The summed E-state index contributed by atoms with van der Waals surface area (Å²) in [7, 11) is 0. The van der Waals surface area contributed by atoms with Crippen LogP contribution < -0.4 is 16.4 Å². The van der Waals surface area contributed by atoms with Crippen LogP contribution in [0.3, 0.4) is 0 Å². The largest absolute Gasteiger partial charge is 0.399 e. The molecule has 0 spiro atoms. The molecule has 0 aliphatic rings. The van der Waals surface area contributed by atoms with Gasteiger partial charge < -0.3 is 26.6 Å². The van der Waals surface area contributed by atoms with E-state index in [1.54, 1.807) is 0 Å². The van der Waals surface area contributed by atoms with Gasteiger partial charge in [-0.2, -0.15) is 0 Å². The summed E-state index contributed by atoms with van der Waals surface area (Å²) in [6.45, 7) is 0.970. The van der Waals surface area contributed by atoms with Gasteiger partial charge in [0.2, 0.25) is 0 Å². The van der Waals surface area contributed by atoms with Crippen LogP contribution in [0.2, 0.25) is 0 Å². The normalized spacial score (nSPS) is 10.6. The van der Waals surface area contributed by atoms with Crippen molar-refractivity contribution < 1.29 is 10.2 Å². The summed E-state index contributed by atoms with van der Waals surface area (Å²) in [6.07, 6.45) is 0. The van der Waals surface area contributed by atoms with Gasteiger partial charge in [0.15, 0.2) is 0 Å². The van der Waals surface area contributed by atoms with E-state index in [1.807, 2.05) is 47.4 Å². The van der Waals surface area contributed by atoms with E-state index in [0.29, 0.717) is 24.5 Å². The van der Waals surface area contributed by atoms with Gasteiger partial charge in [0, 0.05) is 35.7 Å². The summed E-state index contributed by atoms with van der Waals surface area (Å²) in [5.41, 5.74) is 16.0. The lowest BCUT2D eigenvalue weighted by Crippen LogP contribution is -2.29. The molecule has 0 aliphatic heterocycles. The molecular weight excluding hydrogens is 266 g/mol. The molecule has 0 aromatic heterocycles. The van der Waals surface area contributed by atoms with Crippen molar-refractivity contribution in [1.29, 1.82) is 0 Å². The van der Waals surface area contributed by atoms with E-state index in [1.165, 1.54) is 0 Å². The number of hydrogen-bond donors (Lipinski definition) is 4. The number of nitrogens with zero attached hydrogens (tertiary/aromatic N) is 1. The number of hydrogen-bond acceptors (Lipinski definition) is 5. The van der Waals surface area contributed by atoms with Crippen molar-refractivity contribution in [2.24, 2.45) is 0 Å². The Bertz CT molecular complexity index is 596. The fourth-order valence-corrected chi connectivity index (χ4v) is 2.31. The number of nitrogens with two attached hydrogens (primary N) is 2. The molecular formula is C16H21N3O2. The molecule has 0 fully saturated rings. The Hall–Kier alpha value is -2.24. The predicted octanol–water partition coefficient (Wildman–Crippen LogP) is 1.31. The summed E-state index contributed by atoms with van der Waals surface area (Å²) in [4.78, 5) is 1.91. The van der Waals surface area contributed by atoms with Crippen LogP contribution in [0.1, 0.15) is 0 Å². The van der Waals surface area contributed by atoms with Crippen LogP contribution in [0.25, 0.3) is 11.1 Å².